The molecule has 0 aliphatic rings. The Balaban J connectivity index is 3.37. The van der Waals surface area contributed by atoms with Crippen LogP contribution in [0, 0.1) is 0 Å². The zero-order chi connectivity index (χ0) is 59.2. The molecule has 488 valence electrons. The van der Waals surface area contributed by atoms with E-state index in [1.165, 1.54) is 372 Å². The number of amides is 1. The molecule has 82 heavy (non-hydrogen) atoms. The Labute approximate surface area is 514 Å². The van der Waals surface area contributed by atoms with E-state index in [4.69, 9.17) is 4.74 Å². The van der Waals surface area contributed by atoms with E-state index in [9.17, 15) is 19.8 Å². The van der Waals surface area contributed by atoms with E-state index < -0.39 is 12.1 Å². The number of unbranched alkanes of at least 4 members (excludes halogenated alkanes) is 61. The molecule has 0 radical (unpaired) electrons. The Morgan fingerprint density at radius 3 is 0.829 bits per heavy atom. The second-order valence-electron chi connectivity index (χ2n) is 26.4. The molecule has 6 heteroatoms. The number of hydrogen-bond donors (Lipinski definition) is 3. The van der Waals surface area contributed by atoms with Crippen molar-refractivity contribution in [2.24, 2.45) is 0 Å². The van der Waals surface area contributed by atoms with E-state index in [0.29, 0.717) is 19.4 Å². The summed E-state index contributed by atoms with van der Waals surface area (Å²) in [5, 5.41) is 23.3. The highest BCUT2D eigenvalue weighted by Crippen LogP contribution is 2.20. The van der Waals surface area contributed by atoms with E-state index in [1.54, 1.807) is 6.08 Å². The fourth-order valence-electron chi connectivity index (χ4n) is 12.3. The lowest BCUT2D eigenvalue weighted by molar-refractivity contribution is -0.143. The summed E-state index contributed by atoms with van der Waals surface area (Å²) in [6.07, 6.45) is 90.3. The molecule has 0 aromatic rings. The van der Waals surface area contributed by atoms with Gasteiger partial charge < -0.3 is 20.3 Å². The van der Waals surface area contributed by atoms with Crippen LogP contribution in [0.2, 0.25) is 0 Å². The van der Waals surface area contributed by atoms with E-state index in [1.807, 2.05) is 6.08 Å². The predicted molar refractivity (Wildman–Crippen MR) is 361 cm³/mol. The maximum Gasteiger partial charge on any atom is 0.305 e. The molecule has 0 heterocycles. The maximum atomic E-state index is 12.5. The van der Waals surface area contributed by atoms with Crippen molar-refractivity contribution >= 4 is 11.9 Å². The first kappa shape index (κ1) is 80.6. The smallest absolute Gasteiger partial charge is 0.305 e. The molecule has 0 aliphatic carbocycles. The summed E-state index contributed by atoms with van der Waals surface area (Å²) in [7, 11) is 0. The molecule has 0 saturated heterocycles. The lowest BCUT2D eigenvalue weighted by Crippen LogP contribution is -2.45. The Hall–Kier alpha value is -1.40. The van der Waals surface area contributed by atoms with E-state index in [2.05, 4.69) is 19.2 Å². The molecule has 0 bridgehead atoms. The third kappa shape index (κ3) is 67.7. The van der Waals surface area contributed by atoms with Crippen molar-refractivity contribution in [3.63, 3.8) is 0 Å². The zero-order valence-electron chi connectivity index (χ0n) is 56.0. The lowest BCUT2D eigenvalue weighted by Gasteiger charge is -2.20. The Kier molecular flexibility index (Phi) is 70.8. The minimum Gasteiger partial charge on any atom is -0.466 e. The van der Waals surface area contributed by atoms with Gasteiger partial charge in [-0.1, -0.05) is 405 Å². The number of esters is 1. The van der Waals surface area contributed by atoms with Gasteiger partial charge in [0.1, 0.15) is 0 Å². The van der Waals surface area contributed by atoms with Gasteiger partial charge in [-0.25, -0.2) is 0 Å². The second-order valence-corrected chi connectivity index (χ2v) is 26.4. The van der Waals surface area contributed by atoms with Crippen molar-refractivity contribution < 1.29 is 24.5 Å². The average molecular weight is 1160 g/mol. The van der Waals surface area contributed by atoms with Gasteiger partial charge in [0.15, 0.2) is 0 Å². The van der Waals surface area contributed by atoms with E-state index in [0.717, 1.165) is 38.5 Å². The van der Waals surface area contributed by atoms with Crippen molar-refractivity contribution in [1.29, 1.82) is 0 Å². The molecule has 6 nitrogen and oxygen atoms in total. The fourth-order valence-corrected chi connectivity index (χ4v) is 12.3. The van der Waals surface area contributed by atoms with Gasteiger partial charge in [0, 0.05) is 12.8 Å². The van der Waals surface area contributed by atoms with Crippen molar-refractivity contribution in [3.05, 3.63) is 12.2 Å². The van der Waals surface area contributed by atoms with Gasteiger partial charge in [-0.15, -0.1) is 0 Å². The van der Waals surface area contributed by atoms with Gasteiger partial charge in [-0.05, 0) is 32.1 Å². The summed E-state index contributed by atoms with van der Waals surface area (Å²) in [5.74, 6) is -0.0396. The van der Waals surface area contributed by atoms with E-state index >= 15 is 0 Å². The molecule has 0 fully saturated rings. The lowest BCUT2D eigenvalue weighted by atomic mass is 10.0. The van der Waals surface area contributed by atoms with Gasteiger partial charge >= 0.3 is 5.97 Å². The monoisotopic (exact) mass is 1160 g/mol. The van der Waals surface area contributed by atoms with Gasteiger partial charge in [-0.3, -0.25) is 9.59 Å². The third-order valence-electron chi connectivity index (χ3n) is 18.1. The van der Waals surface area contributed by atoms with Crippen LogP contribution < -0.4 is 5.32 Å². The van der Waals surface area contributed by atoms with E-state index in [-0.39, 0.29) is 18.5 Å². The number of aliphatic hydroxyl groups is 2. The molecule has 2 atom stereocenters. The third-order valence-corrected chi connectivity index (χ3v) is 18.1. The molecule has 0 aromatic carbocycles. The van der Waals surface area contributed by atoms with Crippen LogP contribution in [0.5, 0.6) is 0 Å². The molecule has 0 spiro atoms. The molecule has 0 aromatic heterocycles. The Morgan fingerprint density at radius 2 is 0.561 bits per heavy atom. The van der Waals surface area contributed by atoms with Crippen LogP contribution in [0.15, 0.2) is 12.2 Å². The molecule has 0 rings (SSSR count). The highest BCUT2D eigenvalue weighted by Gasteiger charge is 2.18. The van der Waals surface area contributed by atoms with Gasteiger partial charge in [-0.2, -0.15) is 0 Å². The minimum absolute atomic E-state index is 0.0204. The highest BCUT2D eigenvalue weighted by atomic mass is 16.5. The highest BCUT2D eigenvalue weighted by molar-refractivity contribution is 5.76. The number of allylic oxidation sites excluding steroid dienone is 1. The van der Waals surface area contributed by atoms with Crippen molar-refractivity contribution in [1.82, 2.24) is 5.32 Å². The standard InChI is InChI=1S/C76H149NO5/c1-3-5-7-9-11-13-15-17-19-20-21-22-23-26-29-32-35-38-41-44-48-52-56-60-64-68-74(79)73(72-78)77-75(80)69-65-61-57-53-49-45-42-39-36-33-30-27-24-25-28-31-34-37-40-43-47-51-55-59-63-67-71-82-76(81)70-66-62-58-54-50-46-18-16-14-12-10-8-6-4-2/h64,68,73-74,78-79H,3-63,65-67,69-72H2,1-2H3,(H,77,80)/b68-64+. The number of ether oxygens (including phenoxy) is 1. The molecule has 1 amide bonds. The van der Waals surface area contributed by atoms with Crippen molar-refractivity contribution in [2.45, 2.75) is 450 Å². The zero-order valence-corrected chi connectivity index (χ0v) is 56.0. The number of aliphatic hydroxyl groups excluding tert-OH is 2. The molecule has 0 aliphatic heterocycles. The number of rotatable bonds is 72. The van der Waals surface area contributed by atoms with Crippen LogP contribution in [0.1, 0.15) is 438 Å². The first-order chi connectivity index (χ1) is 40.5. The first-order valence-corrected chi connectivity index (χ1v) is 38.0. The average Bonchev–Trinajstić information content (AvgIpc) is 3.48. The summed E-state index contributed by atoms with van der Waals surface area (Å²) in [6.45, 7) is 4.96. The van der Waals surface area contributed by atoms with Crippen LogP contribution in [-0.2, 0) is 14.3 Å². The summed E-state index contributed by atoms with van der Waals surface area (Å²) in [5.41, 5.74) is 0. The number of nitrogens with one attached hydrogen (secondary N) is 1. The Bertz CT molecular complexity index is 1240. The molecular formula is C76H149NO5. The normalized spacial score (nSPS) is 12.5. The number of carbonyl (C=O) groups excluding carboxylic acids is 2. The molecule has 0 saturated carbocycles. The van der Waals surface area contributed by atoms with Gasteiger partial charge in [0.2, 0.25) is 5.91 Å². The second kappa shape index (κ2) is 72.1. The van der Waals surface area contributed by atoms with Gasteiger partial charge in [0.25, 0.3) is 0 Å². The summed E-state index contributed by atoms with van der Waals surface area (Å²) in [6, 6.07) is -0.627. The summed E-state index contributed by atoms with van der Waals surface area (Å²) < 4.78 is 5.50. The first-order valence-electron chi connectivity index (χ1n) is 38.0. The van der Waals surface area contributed by atoms with Crippen LogP contribution >= 0.6 is 0 Å². The van der Waals surface area contributed by atoms with Crippen molar-refractivity contribution in [2.75, 3.05) is 13.2 Å². The van der Waals surface area contributed by atoms with Crippen LogP contribution in [0.4, 0.5) is 0 Å². The minimum atomic E-state index is -0.844. The van der Waals surface area contributed by atoms with Crippen LogP contribution in [0.25, 0.3) is 0 Å². The van der Waals surface area contributed by atoms with Crippen LogP contribution in [-0.4, -0.2) is 47.4 Å². The maximum absolute atomic E-state index is 12.5. The van der Waals surface area contributed by atoms with Gasteiger partial charge in [0.05, 0.1) is 25.4 Å². The SMILES string of the molecule is CCCCCCCCCCCCCCCCCCCCCCCCC/C=C/C(O)C(CO)NC(=O)CCCCCCCCCCCCCCCCCCCCCCCCCCCCOC(=O)CCCCCCCCCCCCCCCC. The number of hydrogen-bond acceptors (Lipinski definition) is 5. The van der Waals surface area contributed by atoms with Crippen LogP contribution in [0.3, 0.4) is 0 Å². The number of carbonyl (C=O) groups is 2. The Morgan fingerprint density at radius 1 is 0.329 bits per heavy atom. The summed E-state index contributed by atoms with van der Waals surface area (Å²) in [4.78, 5) is 24.6. The topological polar surface area (TPSA) is 95.9 Å². The summed E-state index contributed by atoms with van der Waals surface area (Å²) >= 11 is 0. The van der Waals surface area contributed by atoms with Crippen molar-refractivity contribution in [3.8, 4) is 0 Å². The molecular weight excluding hydrogens is 1010 g/mol. The quantitative estimate of drug-likeness (QED) is 0.0320. The largest absolute Gasteiger partial charge is 0.466 e. The predicted octanol–water partition coefficient (Wildman–Crippen LogP) is 24.7. The fraction of sp³-hybridized carbons (Fsp3) is 0.947. The molecule has 2 unspecified atom stereocenters. The molecule has 3 N–H and O–H groups in total.